The predicted octanol–water partition coefficient (Wildman–Crippen LogP) is 7.16. The molecule has 3 atom stereocenters. The molecule has 0 bridgehead atoms. The number of hydrogen-bond acceptors (Lipinski definition) is 9. The van der Waals surface area contributed by atoms with Crippen molar-refractivity contribution in [2.45, 2.75) is 186 Å². The molecular formula is C34H66NO10P. The molecule has 0 aromatic carbocycles. The van der Waals surface area contributed by atoms with Crippen LogP contribution in [-0.2, 0) is 28.0 Å². The number of carbonyl (C=O) groups is 3. The van der Waals surface area contributed by atoms with Crippen molar-refractivity contribution in [1.82, 2.24) is 0 Å². The van der Waals surface area contributed by atoms with Crippen LogP contribution in [0.1, 0.15) is 168 Å². The lowest BCUT2D eigenvalue weighted by molar-refractivity contribution is -0.165. The van der Waals surface area contributed by atoms with Gasteiger partial charge in [0.15, 0.2) is 11.6 Å². The van der Waals surface area contributed by atoms with Crippen molar-refractivity contribution >= 4 is 25.4 Å². The van der Waals surface area contributed by atoms with Crippen molar-refractivity contribution in [2.24, 2.45) is 5.73 Å². The average Bonchev–Trinajstić information content (AvgIpc) is 3.03. The van der Waals surface area contributed by atoms with Gasteiger partial charge in [0, 0.05) is 12.8 Å². The van der Waals surface area contributed by atoms with Gasteiger partial charge in [0.25, 0.3) is 0 Å². The van der Waals surface area contributed by atoms with Gasteiger partial charge >= 0.3 is 13.8 Å². The van der Waals surface area contributed by atoms with E-state index in [0.717, 1.165) is 51.4 Å². The van der Waals surface area contributed by atoms with Crippen LogP contribution in [0, 0.1) is 0 Å². The topological polar surface area (TPSA) is 194 Å². The lowest BCUT2D eigenvalue weighted by Gasteiger charge is -2.35. The van der Waals surface area contributed by atoms with Crippen molar-refractivity contribution in [3.05, 3.63) is 0 Å². The summed E-state index contributed by atoms with van der Waals surface area (Å²) in [7, 11) is -5.27. The minimum absolute atomic E-state index is 0.216. The molecule has 272 valence electrons. The first kappa shape index (κ1) is 44.8. The fourth-order valence-electron chi connectivity index (χ4n) is 5.54. The highest BCUT2D eigenvalue weighted by Gasteiger charge is 2.55. The molecule has 0 aliphatic rings. The minimum Gasteiger partial charge on any atom is -0.480 e. The Hall–Kier alpha value is -1.20. The maximum Gasteiger partial charge on any atom is 0.473 e. The van der Waals surface area contributed by atoms with E-state index in [-0.39, 0.29) is 12.8 Å². The number of phosphoric acid groups is 1. The molecule has 0 aromatic rings. The number of Topliss-reactive ketones (excluding diaryl/α,β-unsaturated/α-hetero) is 2. The van der Waals surface area contributed by atoms with Gasteiger partial charge in [-0.15, -0.1) is 0 Å². The number of carboxylic acid groups (broad SMARTS) is 1. The third kappa shape index (κ3) is 20.2. The molecule has 1 unspecified atom stereocenters. The van der Waals surface area contributed by atoms with Crippen LogP contribution < -0.4 is 5.73 Å². The number of phosphoric ester groups is 1. The predicted molar refractivity (Wildman–Crippen MR) is 180 cm³/mol. The lowest BCUT2D eigenvalue weighted by atomic mass is 9.82. The van der Waals surface area contributed by atoms with E-state index in [9.17, 15) is 34.1 Å². The number of nitrogens with two attached hydrogens (primary N) is 1. The average molecular weight is 680 g/mol. The Labute approximate surface area is 278 Å². The normalized spacial score (nSPS) is 14.6. The molecule has 0 saturated heterocycles. The molecule has 12 heteroatoms. The zero-order valence-electron chi connectivity index (χ0n) is 28.8. The monoisotopic (exact) mass is 679 g/mol. The van der Waals surface area contributed by atoms with Gasteiger partial charge in [-0.3, -0.25) is 23.4 Å². The number of ketones is 2. The quantitative estimate of drug-likeness (QED) is 0.0263. The van der Waals surface area contributed by atoms with E-state index in [2.05, 4.69) is 13.8 Å². The zero-order valence-corrected chi connectivity index (χ0v) is 29.7. The third-order valence-corrected chi connectivity index (χ3v) is 9.47. The van der Waals surface area contributed by atoms with Gasteiger partial charge in [0.1, 0.15) is 12.1 Å². The highest BCUT2D eigenvalue weighted by atomic mass is 31.2. The Morgan fingerprint density at radius 2 is 1.00 bits per heavy atom. The third-order valence-electron chi connectivity index (χ3n) is 8.48. The number of hydrogen-bond donors (Lipinski definition) is 5. The number of aliphatic hydroxyl groups excluding tert-OH is 2. The van der Waals surface area contributed by atoms with Crippen LogP contribution in [0.15, 0.2) is 0 Å². The Balaban J connectivity index is 5.24. The van der Waals surface area contributed by atoms with Crippen LogP contribution in [0.3, 0.4) is 0 Å². The lowest BCUT2D eigenvalue weighted by Crippen LogP contribution is -2.58. The van der Waals surface area contributed by atoms with E-state index in [4.69, 9.17) is 19.9 Å². The summed E-state index contributed by atoms with van der Waals surface area (Å²) in [5, 5.41) is 29.6. The number of aliphatic hydroxyl groups is 2. The van der Waals surface area contributed by atoms with E-state index in [1.54, 1.807) is 0 Å². The Kier molecular flexibility index (Phi) is 27.0. The van der Waals surface area contributed by atoms with Crippen molar-refractivity contribution < 1.29 is 48.2 Å². The second-order valence-corrected chi connectivity index (χ2v) is 14.0. The summed E-state index contributed by atoms with van der Waals surface area (Å²) < 4.78 is 22.7. The van der Waals surface area contributed by atoms with Gasteiger partial charge in [-0.05, 0) is 12.8 Å². The standard InChI is InChI=1S/C34H66NO10P/c1-3-5-7-9-11-13-15-17-19-21-23-25-30(37)34(32(39)27-36,45-46(42,43)44-28-29(35)33(40)41)31(38)26-24-22-20-18-16-14-12-10-8-6-4-2/h29,32,36,39H,3-28,35H2,1-2H3,(H,40,41)(H,42,43)/t29-,32-/m0/s1. The molecule has 0 aliphatic heterocycles. The summed E-state index contributed by atoms with van der Waals surface area (Å²) in [6.45, 7) is 2.36. The van der Waals surface area contributed by atoms with E-state index >= 15 is 0 Å². The van der Waals surface area contributed by atoms with Crippen molar-refractivity contribution in [2.75, 3.05) is 13.2 Å². The van der Waals surface area contributed by atoms with E-state index in [1.807, 2.05) is 0 Å². The fraction of sp³-hybridized carbons (Fsp3) is 0.912. The molecule has 0 rings (SSSR count). The molecule has 0 aromatic heterocycles. The highest BCUT2D eigenvalue weighted by Crippen LogP contribution is 2.49. The summed E-state index contributed by atoms with van der Waals surface area (Å²) in [4.78, 5) is 48.6. The van der Waals surface area contributed by atoms with Gasteiger partial charge in [-0.1, -0.05) is 142 Å². The molecular weight excluding hydrogens is 613 g/mol. The summed E-state index contributed by atoms with van der Waals surface area (Å²) in [5.41, 5.74) is 2.53. The number of aliphatic carboxylic acids is 1. The van der Waals surface area contributed by atoms with E-state index in [1.165, 1.54) is 64.2 Å². The molecule has 0 heterocycles. The van der Waals surface area contributed by atoms with Crippen LogP contribution >= 0.6 is 7.82 Å². The van der Waals surface area contributed by atoms with E-state index < -0.39 is 56.3 Å². The first-order chi connectivity index (χ1) is 22.0. The second kappa shape index (κ2) is 27.7. The summed E-state index contributed by atoms with van der Waals surface area (Å²) in [6.07, 6.45) is 20.2. The largest absolute Gasteiger partial charge is 0.480 e. The maximum atomic E-state index is 13.6. The molecule has 0 amide bonds. The number of unbranched alkanes of at least 4 members (excludes halogenated alkanes) is 20. The first-order valence-corrected chi connectivity index (χ1v) is 19.5. The number of carbonyl (C=O) groups excluding carboxylic acids is 2. The van der Waals surface area contributed by atoms with Crippen molar-refractivity contribution in [1.29, 1.82) is 0 Å². The van der Waals surface area contributed by atoms with Crippen LogP contribution in [0.5, 0.6) is 0 Å². The van der Waals surface area contributed by atoms with Gasteiger partial charge < -0.3 is 25.9 Å². The van der Waals surface area contributed by atoms with Crippen molar-refractivity contribution in [3.63, 3.8) is 0 Å². The summed E-state index contributed by atoms with van der Waals surface area (Å²) in [5.74, 6) is -3.33. The maximum absolute atomic E-state index is 13.6. The molecule has 0 aliphatic carbocycles. The van der Waals surface area contributed by atoms with Crippen LogP contribution in [-0.4, -0.2) is 68.7 Å². The Bertz CT molecular complexity index is 818. The summed E-state index contributed by atoms with van der Waals surface area (Å²) in [6, 6.07) is -1.67. The molecule has 46 heavy (non-hydrogen) atoms. The summed E-state index contributed by atoms with van der Waals surface area (Å²) >= 11 is 0. The molecule has 0 fully saturated rings. The zero-order chi connectivity index (χ0) is 34.7. The molecule has 11 nitrogen and oxygen atoms in total. The van der Waals surface area contributed by atoms with Gasteiger partial charge in [0.2, 0.25) is 5.60 Å². The van der Waals surface area contributed by atoms with Gasteiger partial charge in [-0.2, -0.15) is 0 Å². The molecule has 6 N–H and O–H groups in total. The van der Waals surface area contributed by atoms with Gasteiger partial charge in [-0.25, -0.2) is 4.57 Å². The molecule has 0 spiro atoms. The first-order valence-electron chi connectivity index (χ1n) is 18.0. The smallest absolute Gasteiger partial charge is 0.473 e. The second-order valence-electron chi connectivity index (χ2n) is 12.7. The van der Waals surface area contributed by atoms with Crippen LogP contribution in [0.4, 0.5) is 0 Å². The fourth-order valence-corrected chi connectivity index (χ4v) is 6.63. The Morgan fingerprint density at radius 1 is 0.674 bits per heavy atom. The minimum atomic E-state index is -5.27. The van der Waals surface area contributed by atoms with E-state index in [0.29, 0.717) is 25.7 Å². The van der Waals surface area contributed by atoms with Crippen molar-refractivity contribution in [3.8, 4) is 0 Å². The molecule has 0 saturated carbocycles. The molecule has 0 radical (unpaired) electrons. The number of carboxylic acids is 1. The number of rotatable bonds is 34. The highest BCUT2D eigenvalue weighted by molar-refractivity contribution is 7.47. The Morgan fingerprint density at radius 3 is 1.30 bits per heavy atom. The van der Waals surface area contributed by atoms with Crippen LogP contribution in [0.2, 0.25) is 0 Å². The van der Waals surface area contributed by atoms with Crippen LogP contribution in [0.25, 0.3) is 0 Å². The SMILES string of the molecule is CCCCCCCCCCCCCC(=O)C(OP(=O)(O)OC[C@H](N)C(=O)O)(C(=O)CCCCCCCCCCCCC)[C@@H](O)CO. The van der Waals surface area contributed by atoms with Gasteiger partial charge in [0.05, 0.1) is 13.2 Å².